The molecule has 0 radical (unpaired) electrons. The van der Waals surface area contributed by atoms with Gasteiger partial charge < -0.3 is 4.74 Å². The van der Waals surface area contributed by atoms with Crippen LogP contribution in [0.4, 0.5) is 5.13 Å². The molecule has 2 aliphatic heterocycles. The van der Waals surface area contributed by atoms with Crippen molar-refractivity contribution in [3.63, 3.8) is 0 Å². The van der Waals surface area contributed by atoms with Gasteiger partial charge in [0.25, 0.3) is 10.0 Å². The Morgan fingerprint density at radius 1 is 1.24 bits per heavy atom. The van der Waals surface area contributed by atoms with Crippen LogP contribution < -0.4 is 4.90 Å². The fourth-order valence-corrected chi connectivity index (χ4v) is 4.71. The summed E-state index contributed by atoms with van der Waals surface area (Å²) in [7, 11) is -1.85. The molecule has 116 valence electrons. The Morgan fingerprint density at radius 2 is 1.95 bits per heavy atom. The van der Waals surface area contributed by atoms with E-state index >= 15 is 0 Å². The van der Waals surface area contributed by atoms with Crippen molar-refractivity contribution in [2.24, 2.45) is 0 Å². The number of amides is 1. The molecule has 2 saturated heterocycles. The van der Waals surface area contributed by atoms with E-state index in [0.717, 1.165) is 11.3 Å². The zero-order valence-corrected chi connectivity index (χ0v) is 13.1. The Labute approximate surface area is 126 Å². The van der Waals surface area contributed by atoms with Crippen LogP contribution in [0.3, 0.4) is 0 Å². The number of carbonyl (C=O) groups excluding carboxylic acids is 1. The van der Waals surface area contributed by atoms with Gasteiger partial charge in [0.2, 0.25) is 15.4 Å². The third kappa shape index (κ3) is 2.79. The first-order valence-electron chi connectivity index (χ1n) is 6.39. The molecule has 21 heavy (non-hydrogen) atoms. The smallest absolute Gasteiger partial charge is 0.272 e. The predicted molar refractivity (Wildman–Crippen MR) is 74.5 cm³/mol. The molecule has 1 aromatic rings. The maximum absolute atomic E-state index is 12.4. The average molecular weight is 333 g/mol. The van der Waals surface area contributed by atoms with Crippen LogP contribution in [0.1, 0.15) is 0 Å². The molecule has 11 heteroatoms. The van der Waals surface area contributed by atoms with Gasteiger partial charge in [-0.25, -0.2) is 8.42 Å². The van der Waals surface area contributed by atoms with Crippen LogP contribution in [0.25, 0.3) is 0 Å². The van der Waals surface area contributed by atoms with Crippen molar-refractivity contribution in [2.75, 3.05) is 51.5 Å². The quantitative estimate of drug-likeness (QED) is 0.641. The number of likely N-dealkylation sites (N-methyl/N-ethyl adjacent to an activating group) is 1. The zero-order chi connectivity index (χ0) is 15.0. The van der Waals surface area contributed by atoms with Crippen LogP contribution in [0, 0.1) is 0 Å². The van der Waals surface area contributed by atoms with Gasteiger partial charge in [-0.15, -0.1) is 10.2 Å². The minimum atomic E-state index is -3.66. The molecule has 0 N–H and O–H groups in total. The van der Waals surface area contributed by atoms with Gasteiger partial charge in [0, 0.05) is 13.1 Å². The van der Waals surface area contributed by atoms with Crippen molar-refractivity contribution in [2.45, 2.75) is 4.34 Å². The minimum absolute atomic E-state index is 0.0817. The Hall–Kier alpha value is -1.14. The first-order valence-corrected chi connectivity index (χ1v) is 8.64. The minimum Gasteiger partial charge on any atom is -0.379 e. The van der Waals surface area contributed by atoms with Crippen molar-refractivity contribution in [3.05, 3.63) is 0 Å². The van der Waals surface area contributed by atoms with Crippen LogP contribution in [-0.2, 0) is 19.6 Å². The maximum atomic E-state index is 12.4. The second-order valence-corrected chi connectivity index (χ2v) is 7.91. The lowest BCUT2D eigenvalue weighted by Gasteiger charge is -2.24. The molecular formula is C10H15N5O4S2. The molecule has 2 fully saturated rings. The van der Waals surface area contributed by atoms with E-state index < -0.39 is 10.0 Å². The molecular weight excluding hydrogens is 318 g/mol. The van der Waals surface area contributed by atoms with Crippen molar-refractivity contribution in [1.29, 1.82) is 0 Å². The van der Waals surface area contributed by atoms with Gasteiger partial charge in [-0.3, -0.25) is 14.6 Å². The number of hydrogen-bond acceptors (Lipinski definition) is 8. The molecule has 0 atom stereocenters. The fraction of sp³-hybridized carbons (Fsp3) is 0.700. The fourth-order valence-electron chi connectivity index (χ4n) is 2.17. The third-order valence-electron chi connectivity index (χ3n) is 3.25. The number of hydrogen-bond donors (Lipinski definition) is 0. The summed E-state index contributed by atoms with van der Waals surface area (Å²) in [6.45, 7) is 2.06. The van der Waals surface area contributed by atoms with Crippen LogP contribution in [0.2, 0.25) is 0 Å². The highest BCUT2D eigenvalue weighted by Gasteiger charge is 2.33. The molecule has 0 saturated carbocycles. The van der Waals surface area contributed by atoms with E-state index in [2.05, 4.69) is 10.2 Å². The molecule has 0 bridgehead atoms. The molecule has 0 aliphatic carbocycles. The Morgan fingerprint density at radius 3 is 2.57 bits per heavy atom. The SMILES string of the molecule is CN1CC(=O)N(c2nnc(S(=O)(=O)N3CCOCC3)s2)C1. The number of sulfonamides is 1. The number of nitrogens with zero attached hydrogens (tertiary/aromatic N) is 5. The molecule has 3 heterocycles. The predicted octanol–water partition coefficient (Wildman–Crippen LogP) is -1.21. The van der Waals surface area contributed by atoms with Crippen molar-refractivity contribution in [1.82, 2.24) is 19.4 Å². The van der Waals surface area contributed by atoms with Crippen LogP contribution in [-0.4, -0.2) is 80.3 Å². The highest BCUT2D eigenvalue weighted by molar-refractivity contribution is 7.91. The summed E-state index contributed by atoms with van der Waals surface area (Å²) in [4.78, 5) is 15.1. The Kier molecular flexibility index (Phi) is 3.92. The number of aromatic nitrogens is 2. The first kappa shape index (κ1) is 14.8. The second-order valence-electron chi connectivity index (χ2n) is 4.84. The number of rotatable bonds is 3. The summed E-state index contributed by atoms with van der Waals surface area (Å²) < 4.78 is 31.2. The van der Waals surface area contributed by atoms with E-state index in [-0.39, 0.29) is 10.2 Å². The highest BCUT2D eigenvalue weighted by atomic mass is 32.2. The van der Waals surface area contributed by atoms with Gasteiger partial charge in [-0.05, 0) is 7.05 Å². The van der Waals surface area contributed by atoms with Gasteiger partial charge in [0.15, 0.2) is 0 Å². The molecule has 1 aromatic heterocycles. The van der Waals surface area contributed by atoms with Crippen molar-refractivity contribution in [3.8, 4) is 0 Å². The van der Waals surface area contributed by atoms with Crippen molar-refractivity contribution >= 4 is 32.4 Å². The van der Waals surface area contributed by atoms with E-state index in [4.69, 9.17) is 4.74 Å². The van der Waals surface area contributed by atoms with Crippen LogP contribution in [0.15, 0.2) is 4.34 Å². The summed E-state index contributed by atoms with van der Waals surface area (Å²) in [6.07, 6.45) is 0. The summed E-state index contributed by atoms with van der Waals surface area (Å²) in [5, 5.41) is 7.92. The van der Waals surface area contributed by atoms with Gasteiger partial charge >= 0.3 is 0 Å². The summed E-state index contributed by atoms with van der Waals surface area (Å²) in [5.74, 6) is -0.107. The molecule has 3 rings (SSSR count). The van der Waals surface area contributed by atoms with Gasteiger partial charge in [0.1, 0.15) is 0 Å². The molecule has 1 amide bonds. The van der Waals surface area contributed by atoms with E-state index in [0.29, 0.717) is 44.6 Å². The van der Waals surface area contributed by atoms with E-state index in [1.165, 1.54) is 9.21 Å². The first-order chi connectivity index (χ1) is 9.98. The van der Waals surface area contributed by atoms with E-state index in [9.17, 15) is 13.2 Å². The highest BCUT2D eigenvalue weighted by Crippen LogP contribution is 2.28. The largest absolute Gasteiger partial charge is 0.379 e. The molecule has 2 aliphatic rings. The third-order valence-corrected chi connectivity index (χ3v) is 6.44. The molecule has 9 nitrogen and oxygen atoms in total. The van der Waals surface area contributed by atoms with Crippen molar-refractivity contribution < 1.29 is 17.9 Å². The zero-order valence-electron chi connectivity index (χ0n) is 11.4. The monoisotopic (exact) mass is 333 g/mol. The molecule has 0 aromatic carbocycles. The lowest BCUT2D eigenvalue weighted by atomic mass is 10.5. The molecule has 0 unspecified atom stereocenters. The van der Waals surface area contributed by atoms with Crippen LogP contribution in [0.5, 0.6) is 0 Å². The number of morpholine rings is 1. The lowest BCUT2D eigenvalue weighted by molar-refractivity contribution is -0.116. The normalized spacial score (nSPS) is 22.1. The Balaban J connectivity index is 1.82. The second kappa shape index (κ2) is 5.57. The maximum Gasteiger partial charge on any atom is 0.272 e. The number of anilines is 1. The summed E-state index contributed by atoms with van der Waals surface area (Å²) in [6, 6.07) is 0. The standard InChI is InChI=1S/C10H15N5O4S2/c1-13-6-8(16)15(7-13)9-11-12-10(20-9)21(17,18)14-2-4-19-5-3-14/h2-7H2,1H3. The average Bonchev–Trinajstić information content (AvgIpc) is 3.06. The van der Waals surface area contributed by atoms with Gasteiger partial charge in [-0.2, -0.15) is 4.31 Å². The Bertz CT molecular complexity index is 640. The number of ether oxygens (including phenoxy) is 1. The van der Waals surface area contributed by atoms with Gasteiger partial charge in [0.05, 0.1) is 26.4 Å². The lowest BCUT2D eigenvalue weighted by Crippen LogP contribution is -2.40. The van der Waals surface area contributed by atoms with Crippen LogP contribution >= 0.6 is 11.3 Å². The summed E-state index contributed by atoms with van der Waals surface area (Å²) in [5.41, 5.74) is 0. The topological polar surface area (TPSA) is 95.9 Å². The summed E-state index contributed by atoms with van der Waals surface area (Å²) >= 11 is 0.922. The van der Waals surface area contributed by atoms with E-state index in [1.807, 2.05) is 11.9 Å². The van der Waals surface area contributed by atoms with Gasteiger partial charge in [-0.1, -0.05) is 11.3 Å². The number of carbonyl (C=O) groups is 1. The van der Waals surface area contributed by atoms with E-state index in [1.54, 1.807) is 0 Å². The molecule has 0 spiro atoms.